The summed E-state index contributed by atoms with van der Waals surface area (Å²) in [6.07, 6.45) is 11.1. The first-order chi connectivity index (χ1) is 15.2. The van der Waals surface area contributed by atoms with Gasteiger partial charge in [-0.05, 0) is 80.6 Å². The molecule has 2 aromatic heterocycles. The van der Waals surface area contributed by atoms with Crippen molar-refractivity contribution in [2.24, 2.45) is 5.92 Å². The summed E-state index contributed by atoms with van der Waals surface area (Å²) in [6.45, 7) is 2.04. The molecule has 4 rings (SSSR count). The molecule has 2 atom stereocenters. The van der Waals surface area contributed by atoms with E-state index < -0.39 is 0 Å². The fourth-order valence-electron chi connectivity index (χ4n) is 3.59. The van der Waals surface area contributed by atoms with Gasteiger partial charge in [0.1, 0.15) is 17.1 Å². The number of hydrogen-bond donors (Lipinski definition) is 2. The van der Waals surface area contributed by atoms with Gasteiger partial charge in [-0.1, -0.05) is 18.2 Å². The summed E-state index contributed by atoms with van der Waals surface area (Å²) in [4.78, 5) is 21.4. The van der Waals surface area contributed by atoms with Gasteiger partial charge in [-0.2, -0.15) is 0 Å². The third-order valence-corrected chi connectivity index (χ3v) is 5.31. The number of aromatic nitrogens is 2. The number of carbonyl (C=O) groups excluding carboxylic acids is 1. The van der Waals surface area contributed by atoms with E-state index in [1.165, 1.54) is 0 Å². The third kappa shape index (κ3) is 5.48. The fraction of sp³-hybridized carbons (Fsp3) is 0.240. The van der Waals surface area contributed by atoms with Crippen LogP contribution in [0.5, 0.6) is 11.6 Å². The van der Waals surface area contributed by atoms with Crippen molar-refractivity contribution in [3.8, 4) is 11.6 Å². The van der Waals surface area contributed by atoms with Crippen molar-refractivity contribution >= 4 is 17.4 Å². The van der Waals surface area contributed by atoms with Gasteiger partial charge in [0.2, 0.25) is 5.88 Å². The van der Waals surface area contributed by atoms with E-state index in [1.54, 1.807) is 24.5 Å². The van der Waals surface area contributed by atoms with Gasteiger partial charge in [-0.25, -0.2) is 9.97 Å². The molecule has 0 fully saturated rings. The minimum atomic E-state index is -0.178. The fourth-order valence-corrected chi connectivity index (χ4v) is 3.59. The Morgan fingerprint density at radius 2 is 1.90 bits per heavy atom. The first-order valence-corrected chi connectivity index (χ1v) is 10.6. The van der Waals surface area contributed by atoms with Gasteiger partial charge in [0.15, 0.2) is 0 Å². The second kappa shape index (κ2) is 9.89. The summed E-state index contributed by atoms with van der Waals surface area (Å²) in [7, 11) is 0. The topological polar surface area (TPSA) is 76.1 Å². The second-order valence-corrected chi connectivity index (χ2v) is 7.61. The van der Waals surface area contributed by atoms with Crippen LogP contribution in [0.15, 0.2) is 79.1 Å². The minimum absolute atomic E-state index is 0.0501. The molecule has 0 saturated heterocycles. The summed E-state index contributed by atoms with van der Waals surface area (Å²) in [5.74, 6) is 1.84. The second-order valence-electron chi connectivity index (χ2n) is 7.61. The van der Waals surface area contributed by atoms with Crippen molar-refractivity contribution < 1.29 is 9.53 Å². The number of pyridine rings is 2. The Balaban J connectivity index is 1.42. The number of ether oxygens (including phenoxy) is 1. The number of carbonyl (C=O) groups is 1. The highest BCUT2D eigenvalue weighted by atomic mass is 16.5. The number of anilines is 2. The largest absolute Gasteiger partial charge is 0.438 e. The smallest absolute Gasteiger partial charge is 0.257 e. The maximum Gasteiger partial charge on any atom is 0.257 e. The highest BCUT2D eigenvalue weighted by Gasteiger charge is 2.21. The van der Waals surface area contributed by atoms with Gasteiger partial charge in [-0.15, -0.1) is 0 Å². The van der Waals surface area contributed by atoms with Gasteiger partial charge in [0.05, 0.1) is 0 Å². The van der Waals surface area contributed by atoms with Gasteiger partial charge < -0.3 is 15.4 Å². The van der Waals surface area contributed by atoms with Crippen LogP contribution in [-0.2, 0) is 0 Å². The molecule has 0 radical (unpaired) electrons. The van der Waals surface area contributed by atoms with E-state index in [1.807, 2.05) is 49.4 Å². The Morgan fingerprint density at radius 1 is 1.06 bits per heavy atom. The molecule has 1 aliphatic rings. The van der Waals surface area contributed by atoms with Crippen LogP contribution in [0, 0.1) is 5.92 Å². The van der Waals surface area contributed by atoms with Crippen molar-refractivity contribution in [1.29, 1.82) is 0 Å². The van der Waals surface area contributed by atoms with E-state index in [-0.39, 0.29) is 17.8 Å². The van der Waals surface area contributed by atoms with Gasteiger partial charge in [0.25, 0.3) is 5.91 Å². The van der Waals surface area contributed by atoms with E-state index in [4.69, 9.17) is 4.74 Å². The number of amides is 1. The number of rotatable bonds is 7. The average molecular weight is 415 g/mol. The van der Waals surface area contributed by atoms with Crippen LogP contribution in [0.1, 0.15) is 36.5 Å². The average Bonchev–Trinajstić information content (AvgIpc) is 2.82. The van der Waals surface area contributed by atoms with Crippen molar-refractivity contribution in [3.63, 3.8) is 0 Å². The molecule has 3 aromatic rings. The van der Waals surface area contributed by atoms with Crippen LogP contribution in [0.25, 0.3) is 0 Å². The van der Waals surface area contributed by atoms with Crippen LogP contribution in [0.2, 0.25) is 0 Å². The standard InChI is InChI=1S/C25H26N4O2/c1-18(19-8-3-2-4-9-19)28-24(30)22-10-7-17-27-25(22)31-21-14-12-20(13-15-21)29-23-11-5-6-16-26-23/h3,5-8,10-19H,2,4,9H2,1H3,(H,26,29)(H,28,30). The first kappa shape index (κ1) is 20.6. The van der Waals surface area contributed by atoms with E-state index in [0.717, 1.165) is 30.8 Å². The van der Waals surface area contributed by atoms with Crippen molar-refractivity contribution in [3.05, 3.63) is 84.7 Å². The maximum absolute atomic E-state index is 12.9. The number of allylic oxidation sites excluding steroid dienone is 1. The summed E-state index contributed by atoms with van der Waals surface area (Å²) in [5, 5.41) is 6.33. The molecule has 0 saturated carbocycles. The zero-order valence-electron chi connectivity index (χ0n) is 17.5. The zero-order chi connectivity index (χ0) is 21.5. The third-order valence-electron chi connectivity index (χ3n) is 5.31. The van der Waals surface area contributed by atoms with E-state index in [9.17, 15) is 4.79 Å². The maximum atomic E-state index is 12.9. The summed E-state index contributed by atoms with van der Waals surface area (Å²) < 4.78 is 5.93. The van der Waals surface area contributed by atoms with Crippen LogP contribution < -0.4 is 15.4 Å². The molecular formula is C25H26N4O2. The molecule has 1 amide bonds. The lowest BCUT2D eigenvalue weighted by atomic mass is 9.90. The molecule has 0 spiro atoms. The Hall–Kier alpha value is -3.67. The predicted octanol–water partition coefficient (Wildman–Crippen LogP) is 5.49. The predicted molar refractivity (Wildman–Crippen MR) is 122 cm³/mol. The SMILES string of the molecule is CC(NC(=O)c1cccnc1Oc1ccc(Nc2ccccn2)cc1)C1C=CCCC1. The van der Waals surface area contributed by atoms with Crippen LogP contribution in [0.3, 0.4) is 0 Å². The summed E-state index contributed by atoms with van der Waals surface area (Å²) in [6, 6.07) is 16.7. The quantitative estimate of drug-likeness (QED) is 0.500. The van der Waals surface area contributed by atoms with Crippen LogP contribution in [-0.4, -0.2) is 21.9 Å². The van der Waals surface area contributed by atoms with Crippen LogP contribution in [0.4, 0.5) is 11.5 Å². The monoisotopic (exact) mass is 414 g/mol. The highest BCUT2D eigenvalue weighted by molar-refractivity contribution is 5.96. The molecule has 0 aliphatic heterocycles. The van der Waals surface area contributed by atoms with Gasteiger partial charge >= 0.3 is 0 Å². The molecule has 31 heavy (non-hydrogen) atoms. The molecule has 2 heterocycles. The van der Waals surface area contributed by atoms with Crippen molar-refractivity contribution in [2.75, 3.05) is 5.32 Å². The van der Waals surface area contributed by atoms with E-state index in [0.29, 0.717) is 17.2 Å². The number of nitrogens with one attached hydrogen (secondary N) is 2. The number of benzene rings is 1. The van der Waals surface area contributed by atoms with E-state index in [2.05, 4.69) is 32.8 Å². The summed E-state index contributed by atoms with van der Waals surface area (Å²) >= 11 is 0. The summed E-state index contributed by atoms with van der Waals surface area (Å²) in [5.41, 5.74) is 1.31. The van der Waals surface area contributed by atoms with Crippen molar-refractivity contribution in [1.82, 2.24) is 15.3 Å². The molecule has 2 unspecified atom stereocenters. The number of nitrogens with zero attached hydrogens (tertiary/aromatic N) is 2. The highest BCUT2D eigenvalue weighted by Crippen LogP contribution is 2.26. The lowest BCUT2D eigenvalue weighted by Crippen LogP contribution is -2.38. The number of hydrogen-bond acceptors (Lipinski definition) is 5. The Morgan fingerprint density at radius 3 is 2.65 bits per heavy atom. The molecule has 1 aromatic carbocycles. The Labute approximate surface area is 182 Å². The molecule has 0 bridgehead atoms. The lowest BCUT2D eigenvalue weighted by molar-refractivity contribution is 0.0927. The molecular weight excluding hydrogens is 388 g/mol. The molecule has 2 N–H and O–H groups in total. The van der Waals surface area contributed by atoms with Gasteiger partial charge in [0, 0.05) is 24.1 Å². The lowest BCUT2D eigenvalue weighted by Gasteiger charge is -2.24. The van der Waals surface area contributed by atoms with Crippen LogP contribution >= 0.6 is 0 Å². The Kier molecular flexibility index (Phi) is 6.57. The molecule has 6 heteroatoms. The molecule has 6 nitrogen and oxygen atoms in total. The first-order valence-electron chi connectivity index (χ1n) is 10.6. The Bertz CT molecular complexity index is 1030. The normalized spacial score (nSPS) is 16.4. The minimum Gasteiger partial charge on any atom is -0.438 e. The molecule has 1 aliphatic carbocycles. The van der Waals surface area contributed by atoms with E-state index >= 15 is 0 Å². The van der Waals surface area contributed by atoms with Gasteiger partial charge in [-0.3, -0.25) is 4.79 Å². The van der Waals surface area contributed by atoms with Crippen molar-refractivity contribution in [2.45, 2.75) is 32.2 Å². The molecule has 158 valence electrons. The zero-order valence-corrected chi connectivity index (χ0v) is 17.5.